The lowest BCUT2D eigenvalue weighted by atomic mass is 10.3. The number of anilines is 1. The highest BCUT2D eigenvalue weighted by molar-refractivity contribution is 6.35. The summed E-state index contributed by atoms with van der Waals surface area (Å²) in [6.07, 6.45) is 2.71. The van der Waals surface area contributed by atoms with Crippen LogP contribution >= 0.6 is 23.2 Å². The monoisotopic (exact) mass is 270 g/mol. The van der Waals surface area contributed by atoms with Crippen LogP contribution in [0.5, 0.6) is 0 Å². The van der Waals surface area contributed by atoms with Crippen molar-refractivity contribution in [3.05, 3.63) is 28.2 Å². The van der Waals surface area contributed by atoms with E-state index in [1.807, 2.05) is 13.1 Å². The summed E-state index contributed by atoms with van der Waals surface area (Å²) in [5, 5.41) is 15.0. The van der Waals surface area contributed by atoms with Crippen molar-refractivity contribution in [2.24, 2.45) is 4.99 Å². The minimum atomic E-state index is 0.382. The molecule has 0 aliphatic heterocycles. The number of guanidine groups is 1. The van der Waals surface area contributed by atoms with Crippen LogP contribution in [-0.2, 0) is 0 Å². The molecule has 0 unspecified atom stereocenters. The molecule has 0 radical (unpaired) electrons. The molecule has 0 bridgehead atoms. The summed E-state index contributed by atoms with van der Waals surface area (Å²) in [7, 11) is 0. The SMILES string of the molecule is CCC/N=C(\NC#N)Nc1cc(Cl)cc(Cl)c1. The minimum Gasteiger partial charge on any atom is -0.325 e. The standard InChI is InChI=1S/C11H12Cl2N4/c1-2-3-15-11(16-7-14)17-10-5-8(12)4-9(13)6-10/h4-6H,2-3H2,1H3,(H2,15,16,17). The number of rotatable bonds is 3. The van der Waals surface area contributed by atoms with E-state index in [1.165, 1.54) is 0 Å². The third-order valence-corrected chi connectivity index (χ3v) is 2.23. The Morgan fingerprint density at radius 2 is 2.00 bits per heavy atom. The highest BCUT2D eigenvalue weighted by atomic mass is 35.5. The van der Waals surface area contributed by atoms with Crippen LogP contribution in [0, 0.1) is 11.5 Å². The van der Waals surface area contributed by atoms with Crippen molar-refractivity contribution >= 4 is 34.8 Å². The lowest BCUT2D eigenvalue weighted by Crippen LogP contribution is -2.27. The number of aliphatic imine (C=N–C) groups is 1. The summed E-state index contributed by atoms with van der Waals surface area (Å²) in [6, 6.07) is 5.04. The predicted molar refractivity (Wildman–Crippen MR) is 71.4 cm³/mol. The van der Waals surface area contributed by atoms with Gasteiger partial charge in [0.1, 0.15) is 0 Å². The van der Waals surface area contributed by atoms with Gasteiger partial charge in [0.25, 0.3) is 0 Å². The number of nitrogens with zero attached hydrogens (tertiary/aromatic N) is 2. The molecule has 0 amide bonds. The van der Waals surface area contributed by atoms with Crippen molar-refractivity contribution in [1.29, 1.82) is 5.26 Å². The Kier molecular flexibility index (Phi) is 5.61. The van der Waals surface area contributed by atoms with E-state index in [2.05, 4.69) is 15.6 Å². The van der Waals surface area contributed by atoms with Crippen LogP contribution in [0.15, 0.2) is 23.2 Å². The molecule has 0 aromatic heterocycles. The Labute approximate surface area is 110 Å². The van der Waals surface area contributed by atoms with Gasteiger partial charge < -0.3 is 5.32 Å². The van der Waals surface area contributed by atoms with Crippen LogP contribution in [0.3, 0.4) is 0 Å². The fourth-order valence-corrected chi connectivity index (χ4v) is 1.68. The summed E-state index contributed by atoms with van der Waals surface area (Å²) in [5.41, 5.74) is 0.681. The second-order valence-corrected chi connectivity index (χ2v) is 4.12. The Hall–Kier alpha value is -1.44. The third kappa shape index (κ3) is 4.94. The molecule has 1 rings (SSSR count). The zero-order valence-corrected chi connectivity index (χ0v) is 10.8. The average Bonchev–Trinajstić information content (AvgIpc) is 2.24. The fourth-order valence-electron chi connectivity index (χ4n) is 1.15. The van der Waals surface area contributed by atoms with E-state index in [0.29, 0.717) is 28.2 Å². The van der Waals surface area contributed by atoms with Crippen molar-refractivity contribution in [3.8, 4) is 6.19 Å². The van der Waals surface area contributed by atoms with Gasteiger partial charge in [-0.05, 0) is 24.6 Å². The molecular formula is C11H12Cl2N4. The van der Waals surface area contributed by atoms with Crippen molar-refractivity contribution in [3.63, 3.8) is 0 Å². The quantitative estimate of drug-likeness (QED) is 0.384. The van der Waals surface area contributed by atoms with Gasteiger partial charge in [-0.15, -0.1) is 0 Å². The highest BCUT2D eigenvalue weighted by Gasteiger charge is 2.01. The lowest BCUT2D eigenvalue weighted by Gasteiger charge is -2.08. The van der Waals surface area contributed by atoms with Crippen LogP contribution in [0.4, 0.5) is 5.69 Å². The first-order chi connectivity index (χ1) is 8.15. The summed E-state index contributed by atoms with van der Waals surface area (Å²) in [6.45, 7) is 2.63. The molecular weight excluding hydrogens is 259 g/mol. The maximum absolute atomic E-state index is 8.59. The fraction of sp³-hybridized carbons (Fsp3) is 0.273. The summed E-state index contributed by atoms with van der Waals surface area (Å²) in [5.74, 6) is 0.382. The van der Waals surface area contributed by atoms with Crippen LogP contribution in [0.1, 0.15) is 13.3 Å². The van der Waals surface area contributed by atoms with Gasteiger partial charge in [0.2, 0.25) is 5.96 Å². The maximum Gasteiger partial charge on any atom is 0.209 e. The molecule has 6 heteroatoms. The molecule has 0 fully saturated rings. The molecule has 0 spiro atoms. The van der Waals surface area contributed by atoms with E-state index in [1.54, 1.807) is 18.2 Å². The van der Waals surface area contributed by atoms with E-state index in [-0.39, 0.29) is 0 Å². The van der Waals surface area contributed by atoms with Crippen molar-refractivity contribution in [1.82, 2.24) is 5.32 Å². The highest BCUT2D eigenvalue weighted by Crippen LogP contribution is 2.22. The zero-order valence-electron chi connectivity index (χ0n) is 9.30. The number of hydrogen-bond donors (Lipinski definition) is 2. The Morgan fingerprint density at radius 1 is 1.35 bits per heavy atom. The Balaban J connectivity index is 2.82. The molecule has 2 N–H and O–H groups in total. The molecule has 0 aliphatic rings. The van der Waals surface area contributed by atoms with Gasteiger partial charge in [-0.2, -0.15) is 5.26 Å². The summed E-state index contributed by atoms with van der Waals surface area (Å²) >= 11 is 11.7. The first-order valence-electron chi connectivity index (χ1n) is 5.08. The summed E-state index contributed by atoms with van der Waals surface area (Å²) < 4.78 is 0. The van der Waals surface area contributed by atoms with Crippen LogP contribution in [-0.4, -0.2) is 12.5 Å². The van der Waals surface area contributed by atoms with E-state index in [9.17, 15) is 0 Å². The topological polar surface area (TPSA) is 60.2 Å². The van der Waals surface area contributed by atoms with E-state index < -0.39 is 0 Å². The van der Waals surface area contributed by atoms with Gasteiger partial charge >= 0.3 is 0 Å². The molecule has 0 saturated heterocycles. The number of nitrogens with one attached hydrogen (secondary N) is 2. The van der Waals surface area contributed by atoms with Gasteiger partial charge in [0.15, 0.2) is 6.19 Å². The van der Waals surface area contributed by atoms with Crippen molar-refractivity contribution < 1.29 is 0 Å². The second-order valence-electron chi connectivity index (χ2n) is 3.25. The molecule has 0 aliphatic carbocycles. The van der Waals surface area contributed by atoms with Crippen molar-refractivity contribution in [2.75, 3.05) is 11.9 Å². The van der Waals surface area contributed by atoms with Crippen LogP contribution in [0.25, 0.3) is 0 Å². The van der Waals surface area contributed by atoms with Gasteiger partial charge in [-0.3, -0.25) is 10.3 Å². The Bertz CT molecular complexity index is 431. The maximum atomic E-state index is 8.59. The van der Waals surface area contributed by atoms with Gasteiger partial charge in [0.05, 0.1) is 0 Å². The normalized spacial score (nSPS) is 10.8. The number of hydrogen-bond acceptors (Lipinski definition) is 2. The van der Waals surface area contributed by atoms with Crippen molar-refractivity contribution in [2.45, 2.75) is 13.3 Å². The second kappa shape index (κ2) is 7.00. The molecule has 0 atom stereocenters. The molecule has 0 saturated carbocycles. The van der Waals surface area contributed by atoms with E-state index >= 15 is 0 Å². The zero-order chi connectivity index (χ0) is 12.7. The van der Waals surface area contributed by atoms with Crippen LogP contribution in [0.2, 0.25) is 10.0 Å². The van der Waals surface area contributed by atoms with Gasteiger partial charge in [-0.1, -0.05) is 30.1 Å². The summed E-state index contributed by atoms with van der Waals surface area (Å²) in [4.78, 5) is 4.17. The van der Waals surface area contributed by atoms with Crippen LogP contribution < -0.4 is 10.6 Å². The largest absolute Gasteiger partial charge is 0.325 e. The average molecular weight is 271 g/mol. The molecule has 1 aromatic carbocycles. The smallest absolute Gasteiger partial charge is 0.209 e. The molecule has 0 heterocycles. The number of nitriles is 1. The number of halogens is 2. The van der Waals surface area contributed by atoms with Gasteiger partial charge in [0, 0.05) is 22.3 Å². The molecule has 90 valence electrons. The lowest BCUT2D eigenvalue weighted by molar-refractivity contribution is 0.923. The number of benzene rings is 1. The minimum absolute atomic E-state index is 0.382. The first kappa shape index (κ1) is 13.6. The van der Waals surface area contributed by atoms with E-state index in [4.69, 9.17) is 28.5 Å². The first-order valence-corrected chi connectivity index (χ1v) is 5.84. The predicted octanol–water partition coefficient (Wildman–Crippen LogP) is 3.24. The molecule has 17 heavy (non-hydrogen) atoms. The molecule has 4 nitrogen and oxygen atoms in total. The Morgan fingerprint density at radius 3 is 2.53 bits per heavy atom. The van der Waals surface area contributed by atoms with E-state index in [0.717, 1.165) is 6.42 Å². The third-order valence-electron chi connectivity index (χ3n) is 1.79. The molecule has 1 aromatic rings. The van der Waals surface area contributed by atoms with Gasteiger partial charge in [-0.25, -0.2) is 0 Å².